The van der Waals surface area contributed by atoms with Crippen LogP contribution in [0.1, 0.15) is 20.4 Å². The van der Waals surface area contributed by atoms with E-state index in [1.165, 1.54) is 17.8 Å². The molecular formula is C19H16ClFN4O2S2. The monoisotopic (exact) mass is 450 g/mol. The van der Waals surface area contributed by atoms with Gasteiger partial charge in [0.2, 0.25) is 10.9 Å². The molecule has 3 rings (SSSR count). The lowest BCUT2D eigenvalue weighted by molar-refractivity contribution is -0.118. The summed E-state index contributed by atoms with van der Waals surface area (Å²) >= 11 is 8.39. The average Bonchev–Trinajstić information content (AvgIpc) is 3.16. The highest BCUT2D eigenvalue weighted by Gasteiger charge is 2.14. The van der Waals surface area contributed by atoms with Crippen molar-refractivity contribution in [2.75, 3.05) is 11.1 Å². The Morgan fingerprint density at radius 3 is 2.76 bits per heavy atom. The van der Waals surface area contributed by atoms with Crippen LogP contribution in [0.2, 0.25) is 5.02 Å². The van der Waals surface area contributed by atoms with Gasteiger partial charge in [-0.2, -0.15) is 0 Å². The third-order valence-electron chi connectivity index (χ3n) is 3.64. The molecule has 0 fully saturated rings. The normalized spacial score (nSPS) is 10.6. The van der Waals surface area contributed by atoms with Gasteiger partial charge in [0, 0.05) is 28.6 Å². The Hall–Kier alpha value is -2.49. The van der Waals surface area contributed by atoms with E-state index >= 15 is 0 Å². The zero-order valence-electron chi connectivity index (χ0n) is 15.0. The van der Waals surface area contributed by atoms with Crippen molar-refractivity contribution in [3.05, 3.63) is 74.9 Å². The van der Waals surface area contributed by atoms with Gasteiger partial charge < -0.3 is 10.6 Å². The topological polar surface area (TPSA) is 84.0 Å². The summed E-state index contributed by atoms with van der Waals surface area (Å²) in [5.41, 5.74) is 1.01. The highest BCUT2D eigenvalue weighted by Crippen LogP contribution is 2.19. The number of carbonyl (C=O) groups excluding carboxylic acids is 2. The molecule has 0 saturated heterocycles. The van der Waals surface area contributed by atoms with E-state index in [1.54, 1.807) is 42.5 Å². The summed E-state index contributed by atoms with van der Waals surface area (Å²) in [6, 6.07) is 13.1. The van der Waals surface area contributed by atoms with E-state index < -0.39 is 0 Å². The van der Waals surface area contributed by atoms with Crippen molar-refractivity contribution >= 4 is 52.2 Å². The zero-order chi connectivity index (χ0) is 20.6. The van der Waals surface area contributed by atoms with Crippen LogP contribution in [0.3, 0.4) is 0 Å². The molecule has 0 atom stereocenters. The smallest absolute Gasteiger partial charge is 0.286 e. The Kier molecular flexibility index (Phi) is 7.56. The molecule has 150 valence electrons. The number of carbonyl (C=O) groups is 2. The fraction of sp³-hybridized carbons (Fsp3) is 0.158. The van der Waals surface area contributed by atoms with Crippen LogP contribution in [0, 0.1) is 5.82 Å². The van der Waals surface area contributed by atoms with Crippen molar-refractivity contribution in [3.8, 4) is 0 Å². The van der Waals surface area contributed by atoms with Crippen molar-refractivity contribution in [1.82, 2.24) is 15.5 Å². The largest absolute Gasteiger partial charge is 0.351 e. The van der Waals surface area contributed by atoms with Crippen molar-refractivity contribution in [2.24, 2.45) is 0 Å². The molecule has 1 aromatic heterocycles. The van der Waals surface area contributed by atoms with Crippen LogP contribution in [0.5, 0.6) is 0 Å². The van der Waals surface area contributed by atoms with E-state index in [0.29, 0.717) is 27.0 Å². The average molecular weight is 451 g/mol. The highest BCUT2D eigenvalue weighted by atomic mass is 35.5. The molecule has 2 N–H and O–H groups in total. The number of aromatic nitrogens is 2. The lowest BCUT2D eigenvalue weighted by Crippen LogP contribution is -2.25. The van der Waals surface area contributed by atoms with Crippen molar-refractivity contribution < 1.29 is 14.0 Å². The van der Waals surface area contributed by atoms with Crippen molar-refractivity contribution in [2.45, 2.75) is 12.3 Å². The number of benzene rings is 2. The predicted molar refractivity (Wildman–Crippen MR) is 114 cm³/mol. The first-order valence-corrected chi connectivity index (χ1v) is 10.8. The third-order valence-corrected chi connectivity index (χ3v) is 5.92. The van der Waals surface area contributed by atoms with Crippen LogP contribution in [0.15, 0.2) is 48.5 Å². The van der Waals surface area contributed by atoms with Crippen molar-refractivity contribution in [3.63, 3.8) is 0 Å². The fourth-order valence-electron chi connectivity index (χ4n) is 2.27. The molecule has 29 heavy (non-hydrogen) atoms. The van der Waals surface area contributed by atoms with Crippen LogP contribution in [0.25, 0.3) is 0 Å². The summed E-state index contributed by atoms with van der Waals surface area (Å²) < 4.78 is 13.5. The van der Waals surface area contributed by atoms with Gasteiger partial charge in [-0.25, -0.2) is 4.39 Å². The number of hydrogen-bond donors (Lipinski definition) is 2. The number of nitrogens with zero attached hydrogens (tertiary/aromatic N) is 2. The van der Waals surface area contributed by atoms with Gasteiger partial charge in [-0.1, -0.05) is 47.2 Å². The maximum atomic E-state index is 13.5. The molecule has 0 spiro atoms. The van der Waals surface area contributed by atoms with E-state index in [9.17, 15) is 14.0 Å². The van der Waals surface area contributed by atoms with Crippen LogP contribution < -0.4 is 10.6 Å². The Balaban J connectivity index is 1.42. The Labute approximate surface area is 179 Å². The first-order chi connectivity index (χ1) is 14.0. The van der Waals surface area contributed by atoms with Gasteiger partial charge >= 0.3 is 0 Å². The minimum absolute atomic E-state index is 0.138. The van der Waals surface area contributed by atoms with Gasteiger partial charge in [0.25, 0.3) is 5.91 Å². The Bertz CT molecular complexity index is 1020. The minimum Gasteiger partial charge on any atom is -0.351 e. The number of anilines is 1. The number of thioether (sulfide) groups is 1. The van der Waals surface area contributed by atoms with Gasteiger partial charge in [0.05, 0.1) is 5.75 Å². The lowest BCUT2D eigenvalue weighted by Gasteiger charge is -2.05. The van der Waals surface area contributed by atoms with Gasteiger partial charge in [-0.15, -0.1) is 22.0 Å². The lowest BCUT2D eigenvalue weighted by atomic mass is 10.2. The molecule has 2 aromatic carbocycles. The molecule has 0 saturated carbocycles. The molecule has 0 unspecified atom stereocenters. The van der Waals surface area contributed by atoms with Gasteiger partial charge in [-0.3, -0.25) is 9.59 Å². The maximum absolute atomic E-state index is 13.5. The molecule has 0 aliphatic heterocycles. The van der Waals surface area contributed by atoms with E-state index in [0.717, 1.165) is 11.3 Å². The second-order valence-electron chi connectivity index (χ2n) is 5.83. The molecule has 10 heteroatoms. The van der Waals surface area contributed by atoms with E-state index in [2.05, 4.69) is 20.8 Å². The molecule has 1 heterocycles. The molecular weight excluding hydrogens is 435 g/mol. The second-order valence-corrected chi connectivity index (χ2v) is 8.31. The molecule has 6 nitrogen and oxygen atoms in total. The summed E-state index contributed by atoms with van der Waals surface area (Å²) in [5.74, 6) is -0.295. The van der Waals surface area contributed by atoms with Crippen LogP contribution in [-0.4, -0.2) is 27.8 Å². The molecule has 0 radical (unpaired) electrons. The second kappa shape index (κ2) is 10.3. The summed E-state index contributed by atoms with van der Waals surface area (Å²) in [5, 5.41) is 14.6. The zero-order valence-corrected chi connectivity index (χ0v) is 17.4. The molecule has 0 bridgehead atoms. The van der Waals surface area contributed by atoms with Crippen LogP contribution >= 0.6 is 34.7 Å². The summed E-state index contributed by atoms with van der Waals surface area (Å²) in [6.45, 7) is 0.138. The van der Waals surface area contributed by atoms with Crippen LogP contribution in [0.4, 0.5) is 10.1 Å². The SMILES string of the molecule is O=C(CSCc1nnc(C(=O)Nc2cccc(Cl)c2)s1)NCc1ccccc1F. The summed E-state index contributed by atoms with van der Waals surface area (Å²) in [4.78, 5) is 24.1. The number of amides is 2. The first kappa shape index (κ1) is 21.2. The Morgan fingerprint density at radius 1 is 1.14 bits per heavy atom. The summed E-state index contributed by atoms with van der Waals surface area (Å²) in [6.07, 6.45) is 0. The van der Waals surface area contributed by atoms with E-state index in [-0.39, 0.29) is 34.9 Å². The predicted octanol–water partition coefficient (Wildman–Crippen LogP) is 4.13. The van der Waals surface area contributed by atoms with Crippen molar-refractivity contribution in [1.29, 1.82) is 0 Å². The Morgan fingerprint density at radius 2 is 1.97 bits per heavy atom. The van der Waals surface area contributed by atoms with E-state index in [1.807, 2.05) is 0 Å². The number of halogens is 2. The fourth-order valence-corrected chi connectivity index (χ4v) is 4.10. The molecule has 0 aliphatic carbocycles. The van der Waals surface area contributed by atoms with Crippen LogP contribution in [-0.2, 0) is 17.1 Å². The van der Waals surface area contributed by atoms with Gasteiger partial charge in [-0.05, 0) is 24.3 Å². The molecule has 3 aromatic rings. The molecule has 0 aliphatic rings. The number of hydrogen-bond acceptors (Lipinski definition) is 6. The number of rotatable bonds is 8. The molecule has 2 amide bonds. The first-order valence-electron chi connectivity index (χ1n) is 8.48. The maximum Gasteiger partial charge on any atom is 0.286 e. The number of nitrogens with one attached hydrogen (secondary N) is 2. The van der Waals surface area contributed by atoms with E-state index in [4.69, 9.17) is 11.6 Å². The van der Waals surface area contributed by atoms with Gasteiger partial charge in [0.1, 0.15) is 10.8 Å². The quantitative estimate of drug-likeness (QED) is 0.539. The van der Waals surface area contributed by atoms with Gasteiger partial charge in [0.15, 0.2) is 0 Å². The summed E-state index contributed by atoms with van der Waals surface area (Å²) in [7, 11) is 0. The third kappa shape index (κ3) is 6.52. The standard InChI is InChI=1S/C19H16ClFN4O2S2/c20-13-5-3-6-14(8-13)23-18(27)19-25-24-17(29-19)11-28-10-16(26)22-9-12-4-1-2-7-15(12)21/h1-8H,9-11H2,(H,22,26)(H,23,27). The highest BCUT2D eigenvalue weighted by molar-refractivity contribution is 7.99. The minimum atomic E-state index is -0.372.